The van der Waals surface area contributed by atoms with E-state index >= 15 is 0 Å². The van der Waals surface area contributed by atoms with E-state index < -0.39 is 12.2 Å². The minimum Gasteiger partial charge on any atom is -0.497 e. The quantitative estimate of drug-likeness (QED) is 0.367. The lowest BCUT2D eigenvalue weighted by Crippen LogP contribution is -2.02. The highest BCUT2D eigenvalue weighted by molar-refractivity contribution is 7.98. The molecular weight excluding hydrogens is 414 g/mol. The third-order valence-corrected chi connectivity index (χ3v) is 4.71. The van der Waals surface area contributed by atoms with Gasteiger partial charge in [0, 0.05) is 5.56 Å². The zero-order chi connectivity index (χ0) is 21.5. The third-order valence-electron chi connectivity index (χ3n) is 4.09. The zero-order valence-corrected chi connectivity index (χ0v) is 17.4. The number of nitrogens with zero attached hydrogens (tertiary/aromatic N) is 4. The van der Waals surface area contributed by atoms with Gasteiger partial charge in [-0.15, -0.1) is 10.2 Å². The van der Waals surface area contributed by atoms with Gasteiger partial charge in [0.15, 0.2) is 0 Å². The number of hydrogen-bond acceptors (Lipinski definition) is 7. The van der Waals surface area contributed by atoms with Crippen LogP contribution in [-0.2, 0) is 6.61 Å². The number of rotatable bonds is 9. The largest absolute Gasteiger partial charge is 0.497 e. The number of ether oxygens (including phenoxy) is 3. The Morgan fingerprint density at radius 1 is 1.07 bits per heavy atom. The van der Waals surface area contributed by atoms with E-state index in [1.807, 2.05) is 6.07 Å². The maximum Gasteiger partial charge on any atom is 0.299 e. The molecule has 158 valence electrons. The summed E-state index contributed by atoms with van der Waals surface area (Å²) in [4.78, 5) is 0. The van der Waals surface area contributed by atoms with Crippen LogP contribution in [0.5, 0.6) is 17.2 Å². The Bertz CT molecular complexity index is 1010. The standard InChI is InChI=1S/C20H20F2N4O3S/c1-27-15-5-7-16(8-6-15)29-12-14-10-13(4-9-17(14)28-2)11-23-26-19(18(21)22)24-25-20(26)30-3/h4-11,18H,12H2,1-3H3/b23-11-. The number of aromatic nitrogens is 3. The number of hydrogen-bond donors (Lipinski definition) is 0. The molecule has 0 amide bonds. The maximum atomic E-state index is 13.1. The highest BCUT2D eigenvalue weighted by Crippen LogP contribution is 2.24. The van der Waals surface area contributed by atoms with Crippen LogP contribution in [0.1, 0.15) is 23.4 Å². The zero-order valence-electron chi connectivity index (χ0n) is 16.6. The first-order valence-corrected chi connectivity index (χ1v) is 10.0. The van der Waals surface area contributed by atoms with Gasteiger partial charge in [-0.3, -0.25) is 0 Å². The molecule has 0 bridgehead atoms. The molecule has 0 atom stereocenters. The molecule has 2 aromatic carbocycles. The van der Waals surface area contributed by atoms with Crippen molar-refractivity contribution in [3.63, 3.8) is 0 Å². The minimum absolute atomic E-state index is 0.252. The SMILES string of the molecule is COc1ccc(OCc2cc(/C=N\n3c(SC)nnc3C(F)F)ccc2OC)cc1. The van der Waals surface area contributed by atoms with Crippen molar-refractivity contribution in [2.45, 2.75) is 18.2 Å². The van der Waals surface area contributed by atoms with Crippen LogP contribution < -0.4 is 14.2 Å². The average Bonchev–Trinajstić information content (AvgIpc) is 3.20. The molecule has 0 spiro atoms. The molecule has 0 unspecified atom stereocenters. The Labute approximate surface area is 176 Å². The Hall–Kier alpha value is -3.14. The van der Waals surface area contributed by atoms with Crippen molar-refractivity contribution in [2.24, 2.45) is 5.10 Å². The Morgan fingerprint density at radius 2 is 1.80 bits per heavy atom. The van der Waals surface area contributed by atoms with E-state index in [9.17, 15) is 8.78 Å². The molecule has 0 saturated carbocycles. The number of benzene rings is 2. The van der Waals surface area contributed by atoms with Crippen molar-refractivity contribution in [1.29, 1.82) is 0 Å². The molecule has 10 heteroatoms. The highest BCUT2D eigenvalue weighted by atomic mass is 32.2. The number of thioether (sulfide) groups is 1. The lowest BCUT2D eigenvalue weighted by molar-refractivity contribution is 0.135. The van der Waals surface area contributed by atoms with Gasteiger partial charge in [-0.2, -0.15) is 9.78 Å². The lowest BCUT2D eigenvalue weighted by atomic mass is 10.1. The summed E-state index contributed by atoms with van der Waals surface area (Å²) in [6.45, 7) is 0.252. The summed E-state index contributed by atoms with van der Waals surface area (Å²) in [5, 5.41) is 11.6. The van der Waals surface area contributed by atoms with Crippen molar-refractivity contribution in [2.75, 3.05) is 20.5 Å². The first-order valence-electron chi connectivity index (χ1n) is 8.81. The predicted molar refractivity (Wildman–Crippen MR) is 110 cm³/mol. The molecule has 1 heterocycles. The molecule has 0 saturated heterocycles. The summed E-state index contributed by atoms with van der Waals surface area (Å²) in [5.41, 5.74) is 1.46. The van der Waals surface area contributed by atoms with Crippen LogP contribution >= 0.6 is 11.8 Å². The number of alkyl halides is 2. The van der Waals surface area contributed by atoms with Gasteiger partial charge in [0.25, 0.3) is 6.43 Å². The summed E-state index contributed by atoms with van der Waals surface area (Å²) in [5.74, 6) is 1.54. The molecule has 0 N–H and O–H groups in total. The van der Waals surface area contributed by atoms with Crippen molar-refractivity contribution in [3.05, 3.63) is 59.4 Å². The second-order valence-electron chi connectivity index (χ2n) is 5.94. The molecule has 1 aromatic heterocycles. The average molecular weight is 434 g/mol. The molecule has 3 aromatic rings. The second kappa shape index (κ2) is 10.1. The molecule has 30 heavy (non-hydrogen) atoms. The van der Waals surface area contributed by atoms with Gasteiger partial charge in [-0.1, -0.05) is 11.8 Å². The fourth-order valence-electron chi connectivity index (χ4n) is 2.60. The molecule has 3 rings (SSSR count). The smallest absolute Gasteiger partial charge is 0.299 e. The molecule has 0 aliphatic carbocycles. The van der Waals surface area contributed by atoms with Gasteiger partial charge in [0.1, 0.15) is 23.9 Å². The Morgan fingerprint density at radius 3 is 2.43 bits per heavy atom. The van der Waals surface area contributed by atoms with Crippen molar-refractivity contribution in [1.82, 2.24) is 14.9 Å². The maximum absolute atomic E-state index is 13.1. The fraction of sp³-hybridized carbons (Fsp3) is 0.250. The van der Waals surface area contributed by atoms with Crippen molar-refractivity contribution in [3.8, 4) is 17.2 Å². The second-order valence-corrected chi connectivity index (χ2v) is 6.71. The topological polar surface area (TPSA) is 70.8 Å². The fourth-order valence-corrected chi connectivity index (χ4v) is 3.03. The van der Waals surface area contributed by atoms with Gasteiger partial charge in [0.2, 0.25) is 11.0 Å². The van der Waals surface area contributed by atoms with E-state index in [1.54, 1.807) is 56.9 Å². The molecule has 7 nitrogen and oxygen atoms in total. The van der Waals surface area contributed by atoms with Gasteiger partial charge in [-0.05, 0) is 54.3 Å². The normalized spacial score (nSPS) is 11.3. The Balaban J connectivity index is 1.80. The van der Waals surface area contributed by atoms with Crippen LogP contribution in [0.4, 0.5) is 8.78 Å². The highest BCUT2D eigenvalue weighted by Gasteiger charge is 2.19. The van der Waals surface area contributed by atoms with Crippen molar-refractivity contribution < 1.29 is 23.0 Å². The van der Waals surface area contributed by atoms with E-state index in [-0.39, 0.29) is 11.8 Å². The minimum atomic E-state index is -2.78. The number of methoxy groups -OCH3 is 2. The molecule has 0 aliphatic rings. The molecule has 0 radical (unpaired) electrons. The lowest BCUT2D eigenvalue weighted by Gasteiger charge is -2.11. The van der Waals surface area contributed by atoms with E-state index in [2.05, 4.69) is 15.3 Å². The van der Waals surface area contributed by atoms with Gasteiger partial charge >= 0.3 is 0 Å². The monoisotopic (exact) mass is 434 g/mol. The van der Waals surface area contributed by atoms with E-state index in [4.69, 9.17) is 14.2 Å². The summed E-state index contributed by atoms with van der Waals surface area (Å²) in [6.07, 6.45) is 0.401. The van der Waals surface area contributed by atoms with Crippen LogP contribution in [0.2, 0.25) is 0 Å². The van der Waals surface area contributed by atoms with Gasteiger partial charge in [-0.25, -0.2) is 8.78 Å². The third kappa shape index (κ3) is 5.07. The van der Waals surface area contributed by atoms with Crippen LogP contribution in [0.15, 0.2) is 52.7 Å². The molecule has 0 aliphatic heterocycles. The van der Waals surface area contributed by atoms with E-state index in [0.29, 0.717) is 17.1 Å². The molecular formula is C20H20F2N4O3S. The van der Waals surface area contributed by atoms with Gasteiger partial charge < -0.3 is 14.2 Å². The number of halogens is 2. The summed E-state index contributed by atoms with van der Waals surface area (Å²) >= 11 is 1.18. The van der Waals surface area contributed by atoms with Crippen LogP contribution in [0, 0.1) is 0 Å². The predicted octanol–water partition coefficient (Wildman–Crippen LogP) is 4.42. The molecule has 0 fully saturated rings. The first-order chi connectivity index (χ1) is 14.5. The summed E-state index contributed by atoms with van der Waals surface area (Å²) < 4.78 is 43.6. The summed E-state index contributed by atoms with van der Waals surface area (Å²) in [6, 6.07) is 12.6. The van der Waals surface area contributed by atoms with Crippen LogP contribution in [0.3, 0.4) is 0 Å². The van der Waals surface area contributed by atoms with Crippen LogP contribution in [0.25, 0.3) is 0 Å². The van der Waals surface area contributed by atoms with Gasteiger partial charge in [0.05, 0.1) is 20.4 Å². The summed E-state index contributed by atoms with van der Waals surface area (Å²) in [7, 11) is 3.16. The first kappa shape index (κ1) is 21.6. The van der Waals surface area contributed by atoms with E-state index in [1.165, 1.54) is 18.0 Å². The van der Waals surface area contributed by atoms with Crippen molar-refractivity contribution >= 4 is 18.0 Å². The van der Waals surface area contributed by atoms with Crippen LogP contribution in [-0.4, -0.2) is 41.6 Å². The van der Waals surface area contributed by atoms with E-state index in [0.717, 1.165) is 16.0 Å². The Kier molecular flexibility index (Phi) is 7.23.